The van der Waals surface area contributed by atoms with Crippen LogP contribution >= 0.6 is 0 Å². The fraction of sp³-hybridized carbons (Fsp3) is 0.417. The summed E-state index contributed by atoms with van der Waals surface area (Å²) in [4.78, 5) is 8.95. The Bertz CT molecular complexity index is 883. The number of anilines is 1. The molecule has 0 aromatic heterocycles. The van der Waals surface area contributed by atoms with Crippen molar-refractivity contribution in [3.63, 3.8) is 0 Å². The number of ether oxygens (including phenoxy) is 1. The maximum Gasteiger partial charge on any atom is 0.501 e. The molecule has 0 fully saturated rings. The SMILES string of the molecule is COC(=O)C[C@H](CO)Nc1ccc(S(N)(=O)=O)cc1S(=O)(=O)C(F)(F)F. The lowest BCUT2D eigenvalue weighted by molar-refractivity contribution is -0.141. The molecule has 0 spiro atoms. The lowest BCUT2D eigenvalue weighted by Crippen LogP contribution is -2.30. The second-order valence-corrected chi connectivity index (χ2v) is 8.43. The minimum absolute atomic E-state index is 0.243. The van der Waals surface area contributed by atoms with Gasteiger partial charge in [-0.1, -0.05) is 0 Å². The molecule has 0 aliphatic heterocycles. The van der Waals surface area contributed by atoms with Crippen LogP contribution in [0.4, 0.5) is 18.9 Å². The Morgan fingerprint density at radius 2 is 1.88 bits per heavy atom. The van der Waals surface area contributed by atoms with Gasteiger partial charge in [0.15, 0.2) is 0 Å². The van der Waals surface area contributed by atoms with Crippen molar-refractivity contribution in [2.45, 2.75) is 27.8 Å². The molecule has 1 aromatic carbocycles. The third kappa shape index (κ3) is 5.06. The zero-order chi connectivity index (χ0) is 20.3. The highest BCUT2D eigenvalue weighted by Gasteiger charge is 2.48. The summed E-state index contributed by atoms with van der Waals surface area (Å²) < 4.78 is 89.2. The van der Waals surface area contributed by atoms with Gasteiger partial charge in [-0.15, -0.1) is 0 Å². The Kier molecular flexibility index (Phi) is 6.62. The number of methoxy groups -OCH3 is 1. The lowest BCUT2D eigenvalue weighted by Gasteiger charge is -2.20. The van der Waals surface area contributed by atoms with E-state index in [1.54, 1.807) is 0 Å². The summed E-state index contributed by atoms with van der Waals surface area (Å²) in [6.07, 6.45) is -0.491. The van der Waals surface area contributed by atoms with E-state index < -0.39 is 65.9 Å². The zero-order valence-electron chi connectivity index (χ0n) is 13.1. The molecule has 0 heterocycles. The average Bonchev–Trinajstić information content (AvgIpc) is 2.51. The Labute approximate surface area is 146 Å². The predicted octanol–water partition coefficient (Wildman–Crippen LogP) is -0.0366. The lowest BCUT2D eigenvalue weighted by atomic mass is 10.2. The Hall–Kier alpha value is -1.90. The number of carbonyl (C=O) groups is 1. The number of carbonyl (C=O) groups excluding carboxylic acids is 1. The molecule has 0 saturated heterocycles. The number of benzene rings is 1. The number of primary sulfonamides is 1. The molecule has 0 saturated carbocycles. The molecule has 0 unspecified atom stereocenters. The Morgan fingerprint density at radius 1 is 1.31 bits per heavy atom. The van der Waals surface area contributed by atoms with E-state index in [1.807, 2.05) is 0 Å². The smallest absolute Gasteiger partial charge is 0.469 e. The standard InChI is InChI=1S/C12H15F3N2O7S2/c1-24-11(19)4-7(6-18)17-9-3-2-8(26(16,22)23)5-10(9)25(20,21)12(13,14)15/h2-3,5,7,17-18H,4,6H2,1H3,(H2,16,22,23)/t7-/m1/s1. The molecule has 26 heavy (non-hydrogen) atoms. The van der Waals surface area contributed by atoms with E-state index in [0.29, 0.717) is 0 Å². The van der Waals surface area contributed by atoms with Crippen molar-refractivity contribution in [2.75, 3.05) is 19.0 Å². The number of aliphatic hydroxyl groups is 1. The monoisotopic (exact) mass is 420 g/mol. The molecular formula is C12H15F3N2O7S2. The van der Waals surface area contributed by atoms with Crippen LogP contribution in [0.2, 0.25) is 0 Å². The number of nitrogens with one attached hydrogen (secondary N) is 1. The molecular weight excluding hydrogens is 405 g/mol. The summed E-state index contributed by atoms with van der Waals surface area (Å²) in [5.41, 5.74) is -6.39. The Morgan fingerprint density at radius 3 is 2.31 bits per heavy atom. The third-order valence-corrected chi connectivity index (χ3v) is 5.53. The van der Waals surface area contributed by atoms with Crippen molar-refractivity contribution in [1.82, 2.24) is 0 Å². The summed E-state index contributed by atoms with van der Waals surface area (Å²) in [6.45, 7) is -0.752. The zero-order valence-corrected chi connectivity index (χ0v) is 14.8. The Balaban J connectivity index is 3.51. The number of halogens is 3. The van der Waals surface area contributed by atoms with Gasteiger partial charge in [0.05, 0.1) is 36.8 Å². The number of hydrogen-bond donors (Lipinski definition) is 3. The number of esters is 1. The van der Waals surface area contributed by atoms with Gasteiger partial charge in [0.25, 0.3) is 9.84 Å². The van der Waals surface area contributed by atoms with E-state index in [0.717, 1.165) is 19.2 Å². The number of aliphatic hydroxyl groups excluding tert-OH is 1. The van der Waals surface area contributed by atoms with E-state index in [2.05, 4.69) is 10.1 Å². The van der Waals surface area contributed by atoms with Crippen molar-refractivity contribution in [2.24, 2.45) is 5.14 Å². The van der Waals surface area contributed by atoms with Crippen LogP contribution in [0.3, 0.4) is 0 Å². The second-order valence-electron chi connectivity index (χ2n) is 4.96. The molecule has 0 aliphatic carbocycles. The van der Waals surface area contributed by atoms with Crippen LogP contribution in [0.25, 0.3) is 0 Å². The van der Waals surface area contributed by atoms with Gasteiger partial charge in [-0.2, -0.15) is 13.2 Å². The normalized spacial score (nSPS) is 13.9. The van der Waals surface area contributed by atoms with Crippen LogP contribution in [0.15, 0.2) is 28.0 Å². The van der Waals surface area contributed by atoms with Crippen LogP contribution in [-0.2, 0) is 29.4 Å². The topological polar surface area (TPSA) is 153 Å². The predicted molar refractivity (Wildman–Crippen MR) is 82.2 cm³/mol. The van der Waals surface area contributed by atoms with E-state index >= 15 is 0 Å². The van der Waals surface area contributed by atoms with Crippen molar-refractivity contribution in [3.05, 3.63) is 18.2 Å². The minimum atomic E-state index is -5.96. The third-order valence-electron chi connectivity index (χ3n) is 3.10. The van der Waals surface area contributed by atoms with Gasteiger partial charge in [-0.05, 0) is 18.2 Å². The molecule has 9 nitrogen and oxygen atoms in total. The quantitative estimate of drug-likeness (QED) is 0.520. The molecule has 1 atom stereocenters. The van der Waals surface area contributed by atoms with Crippen molar-refractivity contribution < 1.29 is 44.6 Å². The van der Waals surface area contributed by atoms with Gasteiger partial charge in [-0.3, -0.25) is 4.79 Å². The van der Waals surface area contributed by atoms with Crippen molar-refractivity contribution in [1.29, 1.82) is 0 Å². The first kappa shape index (κ1) is 22.1. The van der Waals surface area contributed by atoms with Crippen LogP contribution in [0.1, 0.15) is 6.42 Å². The van der Waals surface area contributed by atoms with E-state index in [9.17, 15) is 39.9 Å². The molecule has 1 rings (SSSR count). The number of alkyl halides is 3. The molecule has 0 bridgehead atoms. The number of nitrogens with two attached hydrogens (primary N) is 1. The van der Waals surface area contributed by atoms with Crippen LogP contribution in [-0.4, -0.2) is 53.2 Å². The highest BCUT2D eigenvalue weighted by atomic mass is 32.2. The maximum absolute atomic E-state index is 12.9. The molecule has 148 valence electrons. The largest absolute Gasteiger partial charge is 0.501 e. The van der Waals surface area contributed by atoms with E-state index in [-0.39, 0.29) is 6.07 Å². The number of rotatable bonds is 7. The minimum Gasteiger partial charge on any atom is -0.469 e. The fourth-order valence-corrected chi connectivity index (χ4v) is 3.37. The van der Waals surface area contributed by atoms with Crippen molar-refractivity contribution in [3.8, 4) is 0 Å². The van der Waals surface area contributed by atoms with Gasteiger partial charge in [0.2, 0.25) is 10.0 Å². The van der Waals surface area contributed by atoms with E-state index in [1.165, 1.54) is 0 Å². The molecule has 4 N–H and O–H groups in total. The van der Waals surface area contributed by atoms with Gasteiger partial charge < -0.3 is 15.2 Å². The maximum atomic E-state index is 12.9. The van der Waals surface area contributed by atoms with Crippen LogP contribution < -0.4 is 10.5 Å². The fourth-order valence-electron chi connectivity index (χ4n) is 1.81. The molecule has 0 amide bonds. The summed E-state index contributed by atoms with van der Waals surface area (Å²) in [5, 5.41) is 16.3. The van der Waals surface area contributed by atoms with Crippen LogP contribution in [0, 0.1) is 0 Å². The molecule has 0 aliphatic rings. The highest BCUT2D eigenvalue weighted by Crippen LogP contribution is 2.36. The van der Waals surface area contributed by atoms with Gasteiger partial charge >= 0.3 is 11.5 Å². The second kappa shape index (κ2) is 7.77. The number of sulfonamides is 1. The van der Waals surface area contributed by atoms with Gasteiger partial charge in [0.1, 0.15) is 4.90 Å². The summed E-state index contributed by atoms with van der Waals surface area (Å²) >= 11 is 0. The van der Waals surface area contributed by atoms with Gasteiger partial charge in [-0.25, -0.2) is 22.0 Å². The molecule has 14 heteroatoms. The van der Waals surface area contributed by atoms with Crippen molar-refractivity contribution >= 4 is 31.5 Å². The van der Waals surface area contributed by atoms with E-state index in [4.69, 9.17) is 5.14 Å². The molecule has 0 radical (unpaired) electrons. The summed E-state index contributed by atoms with van der Waals surface area (Å²) in [5.74, 6) is -0.821. The summed E-state index contributed by atoms with van der Waals surface area (Å²) in [6, 6.07) is 0.565. The number of hydrogen-bond acceptors (Lipinski definition) is 8. The first-order valence-corrected chi connectivity index (χ1v) is 9.69. The summed E-state index contributed by atoms with van der Waals surface area (Å²) in [7, 11) is -9.41. The molecule has 1 aromatic rings. The van der Waals surface area contributed by atoms with Crippen LogP contribution in [0.5, 0.6) is 0 Å². The first-order chi connectivity index (χ1) is 11.7. The average molecular weight is 420 g/mol. The highest BCUT2D eigenvalue weighted by molar-refractivity contribution is 7.92. The first-order valence-electron chi connectivity index (χ1n) is 6.66. The number of sulfone groups is 1. The van der Waals surface area contributed by atoms with Gasteiger partial charge in [0, 0.05) is 0 Å².